The fraction of sp³-hybridized carbons (Fsp3) is 0.333. The SMILES string of the molecule is COC1=Nc2c(C)cccc2C(=O)N(C)C1. The average molecular weight is 218 g/mol. The van der Waals surface area contributed by atoms with Crippen LogP contribution in [0.5, 0.6) is 0 Å². The van der Waals surface area contributed by atoms with E-state index in [2.05, 4.69) is 4.99 Å². The molecular weight excluding hydrogens is 204 g/mol. The van der Waals surface area contributed by atoms with Crippen LogP contribution in [-0.2, 0) is 4.74 Å². The van der Waals surface area contributed by atoms with E-state index in [9.17, 15) is 4.79 Å². The van der Waals surface area contributed by atoms with Gasteiger partial charge in [0.15, 0.2) is 0 Å². The number of nitrogens with zero attached hydrogens (tertiary/aromatic N) is 2. The van der Waals surface area contributed by atoms with Crippen LogP contribution in [-0.4, -0.2) is 37.4 Å². The molecule has 0 unspecified atom stereocenters. The van der Waals surface area contributed by atoms with Crippen molar-refractivity contribution >= 4 is 17.5 Å². The van der Waals surface area contributed by atoms with Gasteiger partial charge in [-0.1, -0.05) is 12.1 Å². The number of carbonyl (C=O) groups is 1. The highest BCUT2D eigenvalue weighted by molar-refractivity contribution is 6.04. The molecule has 1 amide bonds. The lowest BCUT2D eigenvalue weighted by atomic mass is 10.1. The average Bonchev–Trinajstić information content (AvgIpc) is 2.40. The van der Waals surface area contributed by atoms with E-state index >= 15 is 0 Å². The Labute approximate surface area is 94.5 Å². The summed E-state index contributed by atoms with van der Waals surface area (Å²) in [6, 6.07) is 5.60. The number of methoxy groups -OCH3 is 1. The number of para-hydroxylation sites is 1. The number of aryl methyl sites for hydroxylation is 1. The lowest BCUT2D eigenvalue weighted by Gasteiger charge is -2.14. The largest absolute Gasteiger partial charge is 0.483 e. The second-order valence-corrected chi connectivity index (χ2v) is 3.84. The Morgan fingerprint density at radius 2 is 2.19 bits per heavy atom. The molecule has 0 fully saturated rings. The fourth-order valence-electron chi connectivity index (χ4n) is 1.73. The summed E-state index contributed by atoms with van der Waals surface area (Å²) in [5.41, 5.74) is 2.33. The van der Waals surface area contributed by atoms with Gasteiger partial charge in [-0.15, -0.1) is 0 Å². The van der Waals surface area contributed by atoms with Crippen molar-refractivity contribution in [3.8, 4) is 0 Å². The van der Waals surface area contributed by atoms with E-state index in [0.717, 1.165) is 5.56 Å². The van der Waals surface area contributed by atoms with Crippen molar-refractivity contribution in [1.82, 2.24) is 4.90 Å². The third-order valence-corrected chi connectivity index (χ3v) is 2.66. The zero-order chi connectivity index (χ0) is 11.7. The molecule has 0 aliphatic carbocycles. The summed E-state index contributed by atoms with van der Waals surface area (Å²) in [7, 11) is 3.31. The number of aliphatic imine (C=N–C) groups is 1. The molecule has 0 saturated heterocycles. The Morgan fingerprint density at radius 1 is 1.44 bits per heavy atom. The Hall–Kier alpha value is -1.84. The molecule has 0 radical (unpaired) electrons. The smallest absolute Gasteiger partial charge is 0.256 e. The number of hydrogen-bond acceptors (Lipinski definition) is 3. The zero-order valence-corrected chi connectivity index (χ0v) is 9.65. The molecule has 0 spiro atoms. The summed E-state index contributed by atoms with van der Waals surface area (Å²) in [6.07, 6.45) is 0. The predicted octanol–water partition coefficient (Wildman–Crippen LogP) is 1.76. The molecule has 0 bridgehead atoms. The first-order valence-corrected chi connectivity index (χ1v) is 5.10. The molecule has 2 rings (SSSR count). The summed E-state index contributed by atoms with van der Waals surface area (Å²) in [5, 5.41) is 0. The second-order valence-electron chi connectivity index (χ2n) is 3.84. The standard InChI is InChI=1S/C12H14N2O2/c1-8-5-4-6-9-11(8)13-10(16-3)7-14(2)12(9)15/h4-6H,7H2,1-3H3. The maximum atomic E-state index is 12.0. The van der Waals surface area contributed by atoms with Crippen LogP contribution >= 0.6 is 0 Å². The third kappa shape index (κ3) is 1.66. The Bertz CT molecular complexity index is 466. The first-order chi connectivity index (χ1) is 7.63. The van der Waals surface area contributed by atoms with E-state index in [1.165, 1.54) is 0 Å². The van der Waals surface area contributed by atoms with Gasteiger partial charge in [0.1, 0.15) is 0 Å². The maximum absolute atomic E-state index is 12.0. The zero-order valence-electron chi connectivity index (χ0n) is 9.65. The van der Waals surface area contributed by atoms with Crippen molar-refractivity contribution in [2.75, 3.05) is 20.7 Å². The first-order valence-electron chi connectivity index (χ1n) is 5.10. The third-order valence-electron chi connectivity index (χ3n) is 2.66. The summed E-state index contributed by atoms with van der Waals surface area (Å²) in [6.45, 7) is 2.34. The van der Waals surface area contributed by atoms with E-state index in [4.69, 9.17) is 4.74 Å². The first kappa shape index (κ1) is 10.7. The van der Waals surface area contributed by atoms with Crippen molar-refractivity contribution < 1.29 is 9.53 Å². The summed E-state index contributed by atoms with van der Waals surface area (Å²) < 4.78 is 5.16. The number of ether oxygens (including phenoxy) is 1. The van der Waals surface area contributed by atoms with Gasteiger partial charge in [-0.3, -0.25) is 4.79 Å². The number of fused-ring (bicyclic) bond motifs is 1. The van der Waals surface area contributed by atoms with E-state index < -0.39 is 0 Å². The Morgan fingerprint density at radius 3 is 2.88 bits per heavy atom. The van der Waals surface area contributed by atoms with Crippen LogP contribution in [0.2, 0.25) is 0 Å². The molecule has 0 aromatic heterocycles. The molecule has 0 saturated carbocycles. The highest BCUT2D eigenvalue weighted by Crippen LogP contribution is 2.27. The quantitative estimate of drug-likeness (QED) is 0.665. The Balaban J connectivity index is 2.62. The van der Waals surface area contributed by atoms with Gasteiger partial charge in [0, 0.05) is 7.05 Å². The van der Waals surface area contributed by atoms with Gasteiger partial charge < -0.3 is 9.64 Å². The lowest BCUT2D eigenvalue weighted by molar-refractivity contribution is 0.0812. The summed E-state index contributed by atoms with van der Waals surface area (Å²) in [5.74, 6) is 0.540. The van der Waals surface area contributed by atoms with Crippen LogP contribution < -0.4 is 0 Å². The molecule has 1 aliphatic rings. The van der Waals surface area contributed by atoms with Gasteiger partial charge in [0.25, 0.3) is 5.91 Å². The van der Waals surface area contributed by atoms with Gasteiger partial charge in [0.2, 0.25) is 5.90 Å². The monoisotopic (exact) mass is 218 g/mol. The van der Waals surface area contributed by atoms with Crippen LogP contribution in [0.4, 0.5) is 5.69 Å². The number of benzene rings is 1. The van der Waals surface area contributed by atoms with E-state index in [1.54, 1.807) is 25.1 Å². The lowest BCUT2D eigenvalue weighted by Crippen LogP contribution is -2.31. The molecular formula is C12H14N2O2. The highest BCUT2D eigenvalue weighted by Gasteiger charge is 2.22. The molecule has 4 heteroatoms. The molecule has 84 valence electrons. The van der Waals surface area contributed by atoms with Gasteiger partial charge in [-0.05, 0) is 18.6 Å². The van der Waals surface area contributed by atoms with Crippen molar-refractivity contribution in [3.05, 3.63) is 29.3 Å². The van der Waals surface area contributed by atoms with E-state index in [-0.39, 0.29) is 5.91 Å². The molecule has 1 aromatic carbocycles. The van der Waals surface area contributed by atoms with Crippen molar-refractivity contribution in [2.45, 2.75) is 6.92 Å². The van der Waals surface area contributed by atoms with Gasteiger partial charge in [-0.2, -0.15) is 0 Å². The van der Waals surface area contributed by atoms with Crippen LogP contribution in [0.3, 0.4) is 0 Å². The number of carbonyl (C=O) groups excluding carboxylic acids is 1. The second kappa shape index (κ2) is 3.96. The van der Waals surface area contributed by atoms with E-state index in [0.29, 0.717) is 23.7 Å². The minimum atomic E-state index is -0.0190. The predicted molar refractivity (Wildman–Crippen MR) is 62.2 cm³/mol. The molecule has 0 N–H and O–H groups in total. The normalized spacial score (nSPS) is 15.3. The van der Waals surface area contributed by atoms with Gasteiger partial charge >= 0.3 is 0 Å². The number of amides is 1. The maximum Gasteiger partial charge on any atom is 0.256 e. The Kier molecular flexibility index (Phi) is 2.64. The van der Waals surface area contributed by atoms with Crippen LogP contribution in [0, 0.1) is 6.92 Å². The fourth-order valence-corrected chi connectivity index (χ4v) is 1.73. The molecule has 4 nitrogen and oxygen atoms in total. The molecule has 1 aliphatic heterocycles. The molecule has 0 atom stereocenters. The topological polar surface area (TPSA) is 41.9 Å². The minimum absolute atomic E-state index is 0.0190. The van der Waals surface area contributed by atoms with Crippen LogP contribution in [0.1, 0.15) is 15.9 Å². The number of likely N-dealkylation sites (N-methyl/N-ethyl adjacent to an activating group) is 1. The van der Waals surface area contributed by atoms with Crippen LogP contribution in [0.25, 0.3) is 0 Å². The minimum Gasteiger partial charge on any atom is -0.483 e. The van der Waals surface area contributed by atoms with Crippen molar-refractivity contribution in [2.24, 2.45) is 4.99 Å². The molecule has 1 aromatic rings. The number of hydrogen-bond donors (Lipinski definition) is 0. The highest BCUT2D eigenvalue weighted by atomic mass is 16.5. The van der Waals surface area contributed by atoms with Crippen molar-refractivity contribution in [3.63, 3.8) is 0 Å². The summed E-state index contributed by atoms with van der Waals surface area (Å²) in [4.78, 5) is 18.0. The van der Waals surface area contributed by atoms with Gasteiger partial charge in [-0.25, -0.2) is 4.99 Å². The molecule has 1 heterocycles. The van der Waals surface area contributed by atoms with Crippen LogP contribution in [0.15, 0.2) is 23.2 Å². The summed E-state index contributed by atoms with van der Waals surface area (Å²) >= 11 is 0. The molecule has 16 heavy (non-hydrogen) atoms. The van der Waals surface area contributed by atoms with Crippen molar-refractivity contribution in [1.29, 1.82) is 0 Å². The van der Waals surface area contributed by atoms with Gasteiger partial charge in [0.05, 0.1) is 24.9 Å². The van der Waals surface area contributed by atoms with E-state index in [1.807, 2.05) is 19.1 Å². The number of rotatable bonds is 0.